The zero-order valence-corrected chi connectivity index (χ0v) is 10.1. The summed E-state index contributed by atoms with van der Waals surface area (Å²) in [6.45, 7) is 0.973. The molecule has 2 aromatic rings. The number of hydrogen-bond acceptors (Lipinski definition) is 5. The smallest absolute Gasteiger partial charge is 0.247 e. The SMILES string of the molecule is Nc1ncc2c(n1)CN(C(=O)/C=C/c1ccco1)C2. The highest BCUT2D eigenvalue weighted by molar-refractivity contribution is 5.91. The van der Waals surface area contributed by atoms with Crippen LogP contribution in [0.15, 0.2) is 35.1 Å². The molecule has 0 radical (unpaired) electrons. The van der Waals surface area contributed by atoms with Gasteiger partial charge in [-0.05, 0) is 18.2 Å². The number of furan rings is 1. The van der Waals surface area contributed by atoms with Gasteiger partial charge in [-0.25, -0.2) is 9.97 Å². The van der Waals surface area contributed by atoms with Gasteiger partial charge >= 0.3 is 0 Å². The molecule has 19 heavy (non-hydrogen) atoms. The van der Waals surface area contributed by atoms with Gasteiger partial charge in [-0.2, -0.15) is 0 Å². The Morgan fingerprint density at radius 3 is 3.16 bits per heavy atom. The first-order valence-corrected chi connectivity index (χ1v) is 5.83. The van der Waals surface area contributed by atoms with Crippen LogP contribution in [0.2, 0.25) is 0 Å². The van der Waals surface area contributed by atoms with Gasteiger partial charge < -0.3 is 15.1 Å². The highest BCUT2D eigenvalue weighted by Crippen LogP contribution is 2.21. The lowest BCUT2D eigenvalue weighted by Gasteiger charge is -2.11. The van der Waals surface area contributed by atoms with Crippen molar-refractivity contribution in [2.75, 3.05) is 5.73 Å². The van der Waals surface area contributed by atoms with E-state index in [4.69, 9.17) is 10.2 Å². The summed E-state index contributed by atoms with van der Waals surface area (Å²) < 4.78 is 5.13. The van der Waals surface area contributed by atoms with Crippen LogP contribution in [-0.2, 0) is 17.9 Å². The molecular formula is C13H12N4O2. The third-order valence-electron chi connectivity index (χ3n) is 2.92. The molecule has 0 aliphatic carbocycles. The fraction of sp³-hybridized carbons (Fsp3) is 0.154. The van der Waals surface area contributed by atoms with E-state index in [1.165, 1.54) is 6.08 Å². The van der Waals surface area contributed by atoms with Gasteiger partial charge in [-0.1, -0.05) is 0 Å². The van der Waals surface area contributed by atoms with Crippen molar-refractivity contribution in [1.82, 2.24) is 14.9 Å². The summed E-state index contributed by atoms with van der Waals surface area (Å²) in [6, 6.07) is 3.56. The molecule has 0 fully saturated rings. The number of fused-ring (bicyclic) bond motifs is 1. The van der Waals surface area contributed by atoms with Gasteiger partial charge in [0, 0.05) is 24.4 Å². The number of carbonyl (C=O) groups excluding carboxylic acids is 1. The minimum absolute atomic E-state index is 0.0898. The number of nitrogen functional groups attached to an aromatic ring is 1. The molecule has 0 unspecified atom stereocenters. The first-order chi connectivity index (χ1) is 9.22. The molecule has 1 amide bonds. The van der Waals surface area contributed by atoms with Gasteiger partial charge in [-0.15, -0.1) is 0 Å². The van der Waals surface area contributed by atoms with Crippen molar-refractivity contribution in [3.63, 3.8) is 0 Å². The lowest BCUT2D eigenvalue weighted by molar-refractivity contribution is -0.126. The molecular weight excluding hydrogens is 244 g/mol. The predicted octanol–water partition coefficient (Wildman–Crippen LogP) is 1.21. The van der Waals surface area contributed by atoms with E-state index in [2.05, 4.69) is 9.97 Å². The summed E-state index contributed by atoms with van der Waals surface area (Å²) in [5.41, 5.74) is 7.27. The Bertz CT molecular complexity index is 634. The molecule has 0 atom stereocenters. The standard InChI is InChI=1S/C13H12N4O2/c14-13-15-6-9-7-17(8-11(9)16-13)12(18)4-3-10-2-1-5-19-10/h1-6H,7-8H2,(H2,14,15,16)/b4-3+. The Hall–Kier alpha value is -2.63. The zero-order valence-electron chi connectivity index (χ0n) is 10.1. The molecule has 0 bridgehead atoms. The van der Waals surface area contributed by atoms with E-state index in [9.17, 15) is 4.79 Å². The second-order valence-corrected chi connectivity index (χ2v) is 4.24. The van der Waals surface area contributed by atoms with Crippen LogP contribution in [0.1, 0.15) is 17.0 Å². The van der Waals surface area contributed by atoms with Gasteiger partial charge in [0.1, 0.15) is 5.76 Å². The van der Waals surface area contributed by atoms with Crippen LogP contribution in [0.4, 0.5) is 5.95 Å². The van der Waals surface area contributed by atoms with Gasteiger partial charge in [-0.3, -0.25) is 4.79 Å². The second-order valence-electron chi connectivity index (χ2n) is 4.24. The lowest BCUT2D eigenvalue weighted by atomic mass is 10.3. The molecule has 6 nitrogen and oxygen atoms in total. The van der Waals surface area contributed by atoms with Crippen LogP contribution in [0.5, 0.6) is 0 Å². The molecule has 3 rings (SSSR count). The summed E-state index contributed by atoms with van der Waals surface area (Å²) in [4.78, 5) is 21.7. The van der Waals surface area contributed by atoms with Crippen molar-refractivity contribution < 1.29 is 9.21 Å². The molecule has 2 aromatic heterocycles. The largest absolute Gasteiger partial charge is 0.465 e. The predicted molar refractivity (Wildman–Crippen MR) is 68.4 cm³/mol. The first kappa shape index (κ1) is 11.5. The Kier molecular flexibility index (Phi) is 2.75. The van der Waals surface area contributed by atoms with Gasteiger partial charge in [0.15, 0.2) is 0 Å². The van der Waals surface area contributed by atoms with Crippen LogP contribution in [-0.4, -0.2) is 20.8 Å². The minimum atomic E-state index is -0.0898. The summed E-state index contributed by atoms with van der Waals surface area (Å²) in [5, 5.41) is 0. The maximum atomic E-state index is 12.0. The van der Waals surface area contributed by atoms with E-state index in [1.807, 2.05) is 0 Å². The number of aromatic nitrogens is 2. The Morgan fingerprint density at radius 1 is 1.47 bits per heavy atom. The van der Waals surface area contributed by atoms with E-state index in [-0.39, 0.29) is 11.9 Å². The molecule has 1 aliphatic rings. The molecule has 3 heterocycles. The Labute approximate surface area is 109 Å². The zero-order chi connectivity index (χ0) is 13.2. The molecule has 0 aromatic carbocycles. The summed E-state index contributed by atoms with van der Waals surface area (Å²) in [6.07, 6.45) is 6.36. The number of nitrogens with two attached hydrogens (primary N) is 1. The lowest BCUT2D eigenvalue weighted by Crippen LogP contribution is -2.23. The van der Waals surface area contributed by atoms with E-state index in [0.29, 0.717) is 18.8 Å². The monoisotopic (exact) mass is 256 g/mol. The minimum Gasteiger partial charge on any atom is -0.465 e. The third kappa shape index (κ3) is 2.33. The fourth-order valence-corrected chi connectivity index (χ4v) is 1.97. The van der Waals surface area contributed by atoms with Crippen molar-refractivity contribution in [3.8, 4) is 0 Å². The maximum Gasteiger partial charge on any atom is 0.247 e. The maximum absolute atomic E-state index is 12.0. The van der Waals surface area contributed by atoms with Gasteiger partial charge in [0.2, 0.25) is 11.9 Å². The molecule has 0 spiro atoms. The van der Waals surface area contributed by atoms with E-state index in [0.717, 1.165) is 11.3 Å². The highest BCUT2D eigenvalue weighted by atomic mass is 16.3. The van der Waals surface area contributed by atoms with E-state index >= 15 is 0 Å². The second kappa shape index (κ2) is 4.56. The van der Waals surface area contributed by atoms with E-state index < -0.39 is 0 Å². The first-order valence-electron chi connectivity index (χ1n) is 5.83. The van der Waals surface area contributed by atoms with E-state index in [1.54, 1.807) is 35.6 Å². The van der Waals surface area contributed by atoms with Crippen LogP contribution < -0.4 is 5.73 Å². The molecule has 0 saturated heterocycles. The Morgan fingerprint density at radius 2 is 2.37 bits per heavy atom. The summed E-state index contributed by atoms with van der Waals surface area (Å²) in [7, 11) is 0. The topological polar surface area (TPSA) is 85.2 Å². The van der Waals surface area contributed by atoms with Crippen LogP contribution in [0.3, 0.4) is 0 Å². The summed E-state index contributed by atoms with van der Waals surface area (Å²) >= 11 is 0. The van der Waals surface area contributed by atoms with Gasteiger partial charge in [0.25, 0.3) is 0 Å². The van der Waals surface area contributed by atoms with Crippen molar-refractivity contribution in [2.24, 2.45) is 0 Å². The number of amides is 1. The van der Waals surface area contributed by atoms with Crippen molar-refractivity contribution in [2.45, 2.75) is 13.1 Å². The number of rotatable bonds is 2. The van der Waals surface area contributed by atoms with Crippen molar-refractivity contribution in [3.05, 3.63) is 47.7 Å². The third-order valence-corrected chi connectivity index (χ3v) is 2.92. The number of nitrogens with zero attached hydrogens (tertiary/aromatic N) is 3. The van der Waals surface area contributed by atoms with Crippen LogP contribution >= 0.6 is 0 Å². The summed E-state index contributed by atoms with van der Waals surface area (Å²) in [5.74, 6) is 0.793. The number of anilines is 1. The molecule has 2 N–H and O–H groups in total. The Balaban J connectivity index is 1.71. The molecule has 1 aliphatic heterocycles. The fourth-order valence-electron chi connectivity index (χ4n) is 1.97. The van der Waals surface area contributed by atoms with Crippen LogP contribution in [0, 0.1) is 0 Å². The molecule has 6 heteroatoms. The average Bonchev–Trinajstić information content (AvgIpc) is 3.04. The average molecular weight is 256 g/mol. The molecule has 0 saturated carbocycles. The quantitative estimate of drug-likeness (QED) is 0.816. The number of carbonyl (C=O) groups is 1. The van der Waals surface area contributed by atoms with Crippen molar-refractivity contribution >= 4 is 17.9 Å². The molecule has 96 valence electrons. The number of hydrogen-bond donors (Lipinski definition) is 1. The van der Waals surface area contributed by atoms with Gasteiger partial charge in [0.05, 0.1) is 18.5 Å². The van der Waals surface area contributed by atoms with Crippen LogP contribution in [0.25, 0.3) is 6.08 Å². The normalized spacial score (nSPS) is 14.0. The van der Waals surface area contributed by atoms with Crippen molar-refractivity contribution in [1.29, 1.82) is 0 Å². The highest BCUT2D eigenvalue weighted by Gasteiger charge is 2.23.